The predicted octanol–water partition coefficient (Wildman–Crippen LogP) is 3.19. The number of nitriles is 1. The first-order valence-corrected chi connectivity index (χ1v) is 6.21. The van der Waals surface area contributed by atoms with Crippen molar-refractivity contribution in [2.24, 2.45) is 0 Å². The van der Waals surface area contributed by atoms with E-state index in [1.165, 1.54) is 0 Å². The van der Waals surface area contributed by atoms with E-state index in [1.54, 1.807) is 20.3 Å². The smallest absolute Gasteiger partial charge is 0.145 e. The third kappa shape index (κ3) is 3.21. The summed E-state index contributed by atoms with van der Waals surface area (Å²) < 4.78 is 10.5. The van der Waals surface area contributed by atoms with Gasteiger partial charge in [0, 0.05) is 12.6 Å². The van der Waals surface area contributed by atoms with Crippen molar-refractivity contribution < 1.29 is 9.47 Å². The van der Waals surface area contributed by atoms with Gasteiger partial charge >= 0.3 is 0 Å². The fourth-order valence-electron chi connectivity index (χ4n) is 1.89. The van der Waals surface area contributed by atoms with Gasteiger partial charge in [0.15, 0.2) is 0 Å². The van der Waals surface area contributed by atoms with Crippen molar-refractivity contribution in [3.8, 4) is 17.6 Å². The van der Waals surface area contributed by atoms with Crippen LogP contribution >= 0.6 is 0 Å². The molecule has 0 spiro atoms. The second-order valence-electron chi connectivity index (χ2n) is 4.23. The molecule has 4 heteroatoms. The molecule has 2 aromatic carbocycles. The summed E-state index contributed by atoms with van der Waals surface area (Å²) in [6, 6.07) is 15.2. The zero-order valence-electron chi connectivity index (χ0n) is 11.5. The average Bonchev–Trinajstić information content (AvgIpc) is 2.52. The van der Waals surface area contributed by atoms with E-state index in [0.717, 1.165) is 22.7 Å². The lowest BCUT2D eigenvalue weighted by molar-refractivity contribution is 0.395. The van der Waals surface area contributed by atoms with Gasteiger partial charge in [-0.1, -0.05) is 12.1 Å². The van der Waals surface area contributed by atoms with E-state index in [1.807, 2.05) is 36.4 Å². The standard InChI is InChI=1S/C16H16N2O2/c1-19-14-6-7-15(16(9-14)20-2)18-11-13-5-3-4-12(8-13)10-17/h3-9,18H,11H2,1-2H3. The molecule has 2 aromatic rings. The molecule has 0 aromatic heterocycles. The molecule has 0 bridgehead atoms. The van der Waals surface area contributed by atoms with E-state index >= 15 is 0 Å². The summed E-state index contributed by atoms with van der Waals surface area (Å²) in [4.78, 5) is 0. The molecule has 0 atom stereocenters. The number of anilines is 1. The molecule has 4 nitrogen and oxygen atoms in total. The van der Waals surface area contributed by atoms with Crippen molar-refractivity contribution in [3.05, 3.63) is 53.6 Å². The Balaban J connectivity index is 2.12. The molecule has 1 N–H and O–H groups in total. The lowest BCUT2D eigenvalue weighted by Gasteiger charge is -2.12. The number of nitrogens with zero attached hydrogens (tertiary/aromatic N) is 1. The van der Waals surface area contributed by atoms with Crippen molar-refractivity contribution >= 4 is 5.69 Å². The summed E-state index contributed by atoms with van der Waals surface area (Å²) in [5, 5.41) is 12.2. The van der Waals surface area contributed by atoms with Gasteiger partial charge in [-0.15, -0.1) is 0 Å². The van der Waals surface area contributed by atoms with Crippen LogP contribution in [0.25, 0.3) is 0 Å². The van der Waals surface area contributed by atoms with Crippen LogP contribution in [0.5, 0.6) is 11.5 Å². The highest BCUT2D eigenvalue weighted by molar-refractivity contribution is 5.59. The summed E-state index contributed by atoms with van der Waals surface area (Å²) in [7, 11) is 3.24. The van der Waals surface area contributed by atoms with Crippen molar-refractivity contribution in [1.29, 1.82) is 5.26 Å². The zero-order valence-corrected chi connectivity index (χ0v) is 11.5. The molecule has 2 rings (SSSR count). The second-order valence-corrected chi connectivity index (χ2v) is 4.23. The number of benzene rings is 2. The van der Waals surface area contributed by atoms with Gasteiger partial charge in [-0.3, -0.25) is 0 Å². The first-order valence-electron chi connectivity index (χ1n) is 6.21. The van der Waals surface area contributed by atoms with Crippen molar-refractivity contribution in [3.63, 3.8) is 0 Å². The van der Waals surface area contributed by atoms with Gasteiger partial charge in [0.05, 0.1) is 31.5 Å². The molecule has 0 aliphatic rings. The molecule has 0 unspecified atom stereocenters. The normalized spacial score (nSPS) is 9.65. The Bertz CT molecular complexity index is 633. The summed E-state index contributed by atoms with van der Waals surface area (Å²) in [6.07, 6.45) is 0. The Labute approximate surface area is 118 Å². The molecule has 20 heavy (non-hydrogen) atoms. The third-order valence-corrected chi connectivity index (χ3v) is 2.95. The van der Waals surface area contributed by atoms with Crippen LogP contribution in [0.2, 0.25) is 0 Å². The van der Waals surface area contributed by atoms with Gasteiger partial charge < -0.3 is 14.8 Å². The Morgan fingerprint density at radius 3 is 2.65 bits per heavy atom. The Morgan fingerprint density at radius 1 is 1.10 bits per heavy atom. The fourth-order valence-corrected chi connectivity index (χ4v) is 1.89. The summed E-state index contributed by atoms with van der Waals surface area (Å²) in [5.41, 5.74) is 2.59. The minimum Gasteiger partial charge on any atom is -0.497 e. The van der Waals surface area contributed by atoms with Crippen LogP contribution in [-0.4, -0.2) is 14.2 Å². The maximum absolute atomic E-state index is 8.88. The first-order chi connectivity index (χ1) is 9.76. The van der Waals surface area contributed by atoms with Crippen LogP contribution < -0.4 is 14.8 Å². The maximum atomic E-state index is 8.88. The molecule has 0 heterocycles. The number of rotatable bonds is 5. The van der Waals surface area contributed by atoms with Gasteiger partial charge in [-0.25, -0.2) is 0 Å². The quantitative estimate of drug-likeness (QED) is 0.904. The monoisotopic (exact) mass is 268 g/mol. The summed E-state index contributed by atoms with van der Waals surface area (Å²) in [6.45, 7) is 0.623. The third-order valence-electron chi connectivity index (χ3n) is 2.95. The van der Waals surface area contributed by atoms with Crippen LogP contribution in [0.15, 0.2) is 42.5 Å². The summed E-state index contributed by atoms with van der Waals surface area (Å²) >= 11 is 0. The average molecular weight is 268 g/mol. The zero-order chi connectivity index (χ0) is 14.4. The minimum absolute atomic E-state index is 0.623. The van der Waals surface area contributed by atoms with Crippen LogP contribution in [-0.2, 0) is 6.54 Å². The van der Waals surface area contributed by atoms with Crippen LogP contribution in [0, 0.1) is 11.3 Å². The molecule has 0 amide bonds. The molecule has 0 aliphatic carbocycles. The fraction of sp³-hybridized carbons (Fsp3) is 0.188. The number of methoxy groups -OCH3 is 2. The highest BCUT2D eigenvalue weighted by Crippen LogP contribution is 2.29. The molecule has 102 valence electrons. The number of hydrogen-bond donors (Lipinski definition) is 1. The maximum Gasteiger partial charge on any atom is 0.145 e. The Kier molecular flexibility index (Phi) is 4.46. The van der Waals surface area contributed by atoms with Gasteiger partial charge in [0.1, 0.15) is 11.5 Å². The van der Waals surface area contributed by atoms with Gasteiger partial charge in [0.2, 0.25) is 0 Å². The molecule has 0 saturated heterocycles. The first kappa shape index (κ1) is 13.8. The summed E-state index contributed by atoms with van der Waals surface area (Å²) in [5.74, 6) is 1.47. The number of nitrogens with one attached hydrogen (secondary N) is 1. The van der Waals surface area contributed by atoms with Crippen molar-refractivity contribution in [2.75, 3.05) is 19.5 Å². The predicted molar refractivity (Wildman–Crippen MR) is 78.0 cm³/mol. The molecular formula is C16H16N2O2. The molecule has 0 fully saturated rings. The van der Waals surface area contributed by atoms with Gasteiger partial charge in [0.25, 0.3) is 0 Å². The Morgan fingerprint density at radius 2 is 1.95 bits per heavy atom. The van der Waals surface area contributed by atoms with Gasteiger partial charge in [-0.2, -0.15) is 5.26 Å². The molecule has 0 saturated carbocycles. The van der Waals surface area contributed by atoms with E-state index in [9.17, 15) is 0 Å². The SMILES string of the molecule is COc1ccc(NCc2cccc(C#N)c2)c(OC)c1. The van der Waals surface area contributed by atoms with E-state index in [4.69, 9.17) is 14.7 Å². The minimum atomic E-state index is 0.623. The van der Waals surface area contributed by atoms with Crippen LogP contribution in [0.4, 0.5) is 5.69 Å². The highest BCUT2D eigenvalue weighted by atomic mass is 16.5. The van der Waals surface area contributed by atoms with E-state index < -0.39 is 0 Å². The number of ether oxygens (including phenoxy) is 2. The Hall–Kier alpha value is -2.67. The largest absolute Gasteiger partial charge is 0.497 e. The molecule has 0 aliphatic heterocycles. The lowest BCUT2D eigenvalue weighted by atomic mass is 10.1. The van der Waals surface area contributed by atoms with Crippen molar-refractivity contribution in [1.82, 2.24) is 0 Å². The molecular weight excluding hydrogens is 252 g/mol. The van der Waals surface area contributed by atoms with Crippen LogP contribution in [0.1, 0.15) is 11.1 Å². The van der Waals surface area contributed by atoms with E-state index in [2.05, 4.69) is 11.4 Å². The van der Waals surface area contributed by atoms with Gasteiger partial charge in [-0.05, 0) is 29.8 Å². The highest BCUT2D eigenvalue weighted by Gasteiger charge is 2.04. The molecule has 0 radical (unpaired) electrons. The van der Waals surface area contributed by atoms with E-state index in [-0.39, 0.29) is 0 Å². The van der Waals surface area contributed by atoms with Crippen LogP contribution in [0.3, 0.4) is 0 Å². The lowest BCUT2D eigenvalue weighted by Crippen LogP contribution is -2.01. The van der Waals surface area contributed by atoms with E-state index in [0.29, 0.717) is 12.1 Å². The number of hydrogen-bond acceptors (Lipinski definition) is 4. The second kappa shape index (κ2) is 6.48. The topological polar surface area (TPSA) is 54.3 Å². The van der Waals surface area contributed by atoms with Crippen molar-refractivity contribution in [2.45, 2.75) is 6.54 Å².